The fourth-order valence-electron chi connectivity index (χ4n) is 1.78. The Morgan fingerprint density at radius 2 is 2.19 bits per heavy atom. The molecule has 0 aliphatic rings. The summed E-state index contributed by atoms with van der Waals surface area (Å²) in [5, 5.41) is 12.5. The monoisotopic (exact) mass is 285 g/mol. The quantitative estimate of drug-likeness (QED) is 0.842. The van der Waals surface area contributed by atoms with Crippen molar-refractivity contribution in [1.29, 1.82) is 0 Å². The number of aliphatic hydroxyl groups excluding tert-OH is 1. The molecule has 2 nitrogen and oxygen atoms in total. The van der Waals surface area contributed by atoms with Crippen molar-refractivity contribution >= 4 is 15.9 Å². The molecule has 0 spiro atoms. The maximum absolute atomic E-state index is 9.12. The molecule has 16 heavy (non-hydrogen) atoms. The zero-order chi connectivity index (χ0) is 12.0. The lowest BCUT2D eigenvalue weighted by molar-refractivity contribution is 0.229. The summed E-state index contributed by atoms with van der Waals surface area (Å²) in [5.74, 6) is 0. The van der Waals surface area contributed by atoms with Crippen LogP contribution in [0.15, 0.2) is 28.7 Å². The molecule has 2 atom stereocenters. The van der Waals surface area contributed by atoms with Crippen LogP contribution in [-0.4, -0.2) is 23.8 Å². The minimum absolute atomic E-state index is 0.208. The van der Waals surface area contributed by atoms with Crippen LogP contribution in [0.1, 0.15) is 25.8 Å². The maximum Gasteiger partial charge on any atom is 0.0584 e. The highest BCUT2D eigenvalue weighted by Gasteiger charge is 2.09. The lowest BCUT2D eigenvalue weighted by atomic mass is 10.1. The predicted molar refractivity (Wildman–Crippen MR) is 71.6 cm³/mol. The van der Waals surface area contributed by atoms with E-state index in [0.29, 0.717) is 6.04 Å². The van der Waals surface area contributed by atoms with E-state index in [1.54, 1.807) is 0 Å². The second-order valence-electron chi connectivity index (χ2n) is 4.19. The Labute approximate surface area is 106 Å². The average molecular weight is 286 g/mol. The number of nitrogens with one attached hydrogen (secondary N) is 1. The summed E-state index contributed by atoms with van der Waals surface area (Å²) in [4.78, 5) is 0. The first-order valence-electron chi connectivity index (χ1n) is 5.77. The fourth-order valence-corrected chi connectivity index (χ4v) is 2.23. The molecular formula is C13H20BrNO. The standard InChI is InChI=1S/C13H20BrNO/c1-3-13(9-16)15-10(2)7-11-5-4-6-12(14)8-11/h4-6,8,10,13,15-16H,3,7,9H2,1-2H3. The summed E-state index contributed by atoms with van der Waals surface area (Å²) in [7, 11) is 0. The largest absolute Gasteiger partial charge is 0.395 e. The Balaban J connectivity index is 2.47. The molecule has 0 radical (unpaired) electrons. The Morgan fingerprint density at radius 3 is 2.75 bits per heavy atom. The van der Waals surface area contributed by atoms with E-state index >= 15 is 0 Å². The average Bonchev–Trinajstić information content (AvgIpc) is 2.26. The second-order valence-corrected chi connectivity index (χ2v) is 5.11. The van der Waals surface area contributed by atoms with E-state index in [9.17, 15) is 0 Å². The van der Waals surface area contributed by atoms with Gasteiger partial charge in [-0.3, -0.25) is 0 Å². The minimum Gasteiger partial charge on any atom is -0.395 e. The van der Waals surface area contributed by atoms with Crippen molar-refractivity contribution in [1.82, 2.24) is 5.32 Å². The maximum atomic E-state index is 9.12. The molecule has 1 aromatic carbocycles. The molecule has 0 aliphatic carbocycles. The summed E-state index contributed by atoms with van der Waals surface area (Å²) in [6.07, 6.45) is 1.94. The molecule has 2 unspecified atom stereocenters. The van der Waals surface area contributed by atoms with Crippen molar-refractivity contribution < 1.29 is 5.11 Å². The molecule has 0 fully saturated rings. The van der Waals surface area contributed by atoms with Crippen LogP contribution < -0.4 is 5.32 Å². The summed E-state index contributed by atoms with van der Waals surface area (Å²) in [5.41, 5.74) is 1.31. The van der Waals surface area contributed by atoms with Crippen LogP contribution in [0, 0.1) is 0 Å². The molecule has 1 rings (SSSR count). The van der Waals surface area contributed by atoms with Crippen LogP contribution >= 0.6 is 15.9 Å². The fraction of sp³-hybridized carbons (Fsp3) is 0.538. The van der Waals surface area contributed by atoms with Gasteiger partial charge in [0.1, 0.15) is 0 Å². The van der Waals surface area contributed by atoms with Gasteiger partial charge in [-0.2, -0.15) is 0 Å². The molecule has 3 heteroatoms. The van der Waals surface area contributed by atoms with Gasteiger partial charge in [0.05, 0.1) is 6.61 Å². The molecule has 0 saturated heterocycles. The van der Waals surface area contributed by atoms with E-state index in [-0.39, 0.29) is 12.6 Å². The minimum atomic E-state index is 0.208. The summed E-state index contributed by atoms with van der Waals surface area (Å²) >= 11 is 3.47. The highest BCUT2D eigenvalue weighted by Crippen LogP contribution is 2.13. The Kier molecular flexibility index (Phi) is 6.03. The summed E-state index contributed by atoms with van der Waals surface area (Å²) in [6.45, 7) is 4.44. The van der Waals surface area contributed by atoms with Crippen LogP contribution in [-0.2, 0) is 6.42 Å². The smallest absolute Gasteiger partial charge is 0.0584 e. The molecule has 0 bridgehead atoms. The predicted octanol–water partition coefficient (Wildman–Crippen LogP) is 2.74. The first kappa shape index (κ1) is 13.7. The zero-order valence-electron chi connectivity index (χ0n) is 9.91. The third kappa shape index (κ3) is 4.64. The van der Waals surface area contributed by atoms with E-state index in [1.807, 2.05) is 6.07 Å². The Morgan fingerprint density at radius 1 is 1.44 bits per heavy atom. The van der Waals surface area contributed by atoms with Gasteiger partial charge < -0.3 is 10.4 Å². The van der Waals surface area contributed by atoms with Gasteiger partial charge in [0.25, 0.3) is 0 Å². The first-order valence-corrected chi connectivity index (χ1v) is 6.56. The van der Waals surface area contributed by atoms with E-state index in [2.05, 4.69) is 53.3 Å². The van der Waals surface area contributed by atoms with Gasteiger partial charge >= 0.3 is 0 Å². The number of rotatable bonds is 6. The zero-order valence-corrected chi connectivity index (χ0v) is 11.5. The third-order valence-electron chi connectivity index (χ3n) is 2.66. The molecule has 0 amide bonds. The van der Waals surface area contributed by atoms with E-state index in [1.165, 1.54) is 5.56 Å². The van der Waals surface area contributed by atoms with Crippen LogP contribution in [0.3, 0.4) is 0 Å². The molecule has 0 aromatic heterocycles. The van der Waals surface area contributed by atoms with Gasteiger partial charge in [0.15, 0.2) is 0 Å². The van der Waals surface area contributed by atoms with Gasteiger partial charge in [-0.1, -0.05) is 35.0 Å². The van der Waals surface area contributed by atoms with Gasteiger partial charge in [-0.25, -0.2) is 0 Å². The highest BCUT2D eigenvalue weighted by molar-refractivity contribution is 9.10. The Bertz CT molecular complexity index is 313. The van der Waals surface area contributed by atoms with Gasteiger partial charge in [0.2, 0.25) is 0 Å². The first-order chi connectivity index (χ1) is 7.65. The number of hydrogen-bond donors (Lipinski definition) is 2. The summed E-state index contributed by atoms with van der Waals surface area (Å²) < 4.78 is 1.12. The van der Waals surface area contributed by atoms with Crippen molar-refractivity contribution in [2.24, 2.45) is 0 Å². The number of hydrogen-bond acceptors (Lipinski definition) is 2. The van der Waals surface area contributed by atoms with Crippen LogP contribution in [0.5, 0.6) is 0 Å². The molecular weight excluding hydrogens is 266 g/mol. The second kappa shape index (κ2) is 7.05. The topological polar surface area (TPSA) is 32.3 Å². The Hall–Kier alpha value is -0.380. The molecule has 0 aliphatic heterocycles. The number of benzene rings is 1. The number of aliphatic hydroxyl groups is 1. The van der Waals surface area contributed by atoms with E-state index in [0.717, 1.165) is 17.3 Å². The van der Waals surface area contributed by atoms with Crippen molar-refractivity contribution in [3.8, 4) is 0 Å². The molecule has 0 heterocycles. The van der Waals surface area contributed by atoms with Gasteiger partial charge in [-0.15, -0.1) is 0 Å². The normalized spacial score (nSPS) is 14.8. The molecule has 1 aromatic rings. The van der Waals surface area contributed by atoms with Gasteiger partial charge in [-0.05, 0) is 37.5 Å². The van der Waals surface area contributed by atoms with E-state index in [4.69, 9.17) is 5.11 Å². The van der Waals surface area contributed by atoms with Crippen LogP contribution in [0.4, 0.5) is 0 Å². The van der Waals surface area contributed by atoms with Gasteiger partial charge in [0, 0.05) is 16.6 Å². The summed E-state index contributed by atoms with van der Waals surface area (Å²) in [6, 6.07) is 8.94. The van der Waals surface area contributed by atoms with Crippen molar-refractivity contribution in [3.63, 3.8) is 0 Å². The lowest BCUT2D eigenvalue weighted by Crippen LogP contribution is -2.39. The van der Waals surface area contributed by atoms with Crippen LogP contribution in [0.25, 0.3) is 0 Å². The SMILES string of the molecule is CCC(CO)NC(C)Cc1cccc(Br)c1. The number of halogens is 1. The van der Waals surface area contributed by atoms with E-state index < -0.39 is 0 Å². The van der Waals surface area contributed by atoms with Crippen molar-refractivity contribution in [2.75, 3.05) is 6.61 Å². The van der Waals surface area contributed by atoms with Crippen molar-refractivity contribution in [2.45, 2.75) is 38.8 Å². The molecule has 90 valence electrons. The van der Waals surface area contributed by atoms with Crippen molar-refractivity contribution in [3.05, 3.63) is 34.3 Å². The molecule has 2 N–H and O–H groups in total. The highest BCUT2D eigenvalue weighted by atomic mass is 79.9. The molecule has 0 saturated carbocycles. The third-order valence-corrected chi connectivity index (χ3v) is 3.16. The lowest BCUT2D eigenvalue weighted by Gasteiger charge is -2.20. The van der Waals surface area contributed by atoms with Crippen LogP contribution in [0.2, 0.25) is 0 Å².